The molecule has 7 nitrogen and oxygen atoms in total. The Kier molecular flexibility index (Phi) is 6.18. The van der Waals surface area contributed by atoms with Crippen LogP contribution in [-0.2, 0) is 10.2 Å². The van der Waals surface area contributed by atoms with E-state index in [-0.39, 0.29) is 0 Å². The van der Waals surface area contributed by atoms with Gasteiger partial charge in [0, 0.05) is 20.6 Å². The third-order valence-corrected chi connectivity index (χ3v) is 4.03. The molecule has 0 saturated heterocycles. The molecule has 0 fully saturated rings. The summed E-state index contributed by atoms with van der Waals surface area (Å²) in [5, 5.41) is 3.19. The third-order valence-electron chi connectivity index (χ3n) is 2.58. The first-order chi connectivity index (χ1) is 9.31. The molecule has 0 amide bonds. The monoisotopic (exact) mass is 301 g/mol. The standard InChI is InChI=1S/C12H23N5O2S/c1-16(2)9-5-8-13-12-7-6-11(10-14-12)15-20(18,19)17(3)4/h6-7,10,15H,5,8-9H2,1-4H3,(H,13,14). The summed E-state index contributed by atoms with van der Waals surface area (Å²) in [6, 6.07) is 3.44. The van der Waals surface area contributed by atoms with Crippen LogP contribution in [0.4, 0.5) is 11.5 Å². The lowest BCUT2D eigenvalue weighted by atomic mass is 10.4. The van der Waals surface area contributed by atoms with E-state index in [0.29, 0.717) is 5.69 Å². The first-order valence-electron chi connectivity index (χ1n) is 6.36. The number of rotatable bonds is 8. The highest BCUT2D eigenvalue weighted by atomic mass is 32.2. The predicted molar refractivity (Wildman–Crippen MR) is 82.1 cm³/mol. The fraction of sp³-hybridized carbons (Fsp3) is 0.583. The Bertz CT molecular complexity index is 499. The van der Waals surface area contributed by atoms with Crippen LogP contribution in [0.25, 0.3) is 0 Å². The fourth-order valence-electron chi connectivity index (χ4n) is 1.41. The topological polar surface area (TPSA) is 77.6 Å². The molecule has 0 spiro atoms. The van der Waals surface area contributed by atoms with Gasteiger partial charge in [-0.15, -0.1) is 0 Å². The highest BCUT2D eigenvalue weighted by Gasteiger charge is 2.12. The normalized spacial score (nSPS) is 11.9. The largest absolute Gasteiger partial charge is 0.370 e. The molecule has 0 aliphatic carbocycles. The summed E-state index contributed by atoms with van der Waals surface area (Å²) in [7, 11) is 3.52. The SMILES string of the molecule is CN(C)CCCNc1ccc(NS(=O)(=O)N(C)C)cn1. The van der Waals surface area contributed by atoms with E-state index < -0.39 is 10.2 Å². The third kappa shape index (κ3) is 5.72. The maximum atomic E-state index is 11.6. The summed E-state index contributed by atoms with van der Waals surface area (Å²) in [6.45, 7) is 1.83. The van der Waals surface area contributed by atoms with Crippen molar-refractivity contribution in [3.63, 3.8) is 0 Å². The van der Waals surface area contributed by atoms with Crippen molar-refractivity contribution < 1.29 is 8.42 Å². The quantitative estimate of drug-likeness (QED) is 0.690. The number of nitrogens with one attached hydrogen (secondary N) is 2. The summed E-state index contributed by atoms with van der Waals surface area (Å²) < 4.78 is 26.8. The summed E-state index contributed by atoms with van der Waals surface area (Å²) >= 11 is 0. The molecule has 0 saturated carbocycles. The van der Waals surface area contributed by atoms with Crippen LogP contribution < -0.4 is 10.0 Å². The summed E-state index contributed by atoms with van der Waals surface area (Å²) in [6.07, 6.45) is 2.51. The second kappa shape index (κ2) is 7.41. The number of hydrogen-bond donors (Lipinski definition) is 2. The van der Waals surface area contributed by atoms with Crippen molar-refractivity contribution in [3.8, 4) is 0 Å². The number of hydrogen-bond acceptors (Lipinski definition) is 5. The minimum Gasteiger partial charge on any atom is -0.370 e. The van der Waals surface area contributed by atoms with Crippen LogP contribution in [0.1, 0.15) is 6.42 Å². The van der Waals surface area contributed by atoms with E-state index in [0.717, 1.165) is 29.6 Å². The molecule has 0 radical (unpaired) electrons. The Morgan fingerprint density at radius 3 is 2.40 bits per heavy atom. The van der Waals surface area contributed by atoms with E-state index in [1.54, 1.807) is 12.1 Å². The maximum Gasteiger partial charge on any atom is 0.301 e. The molecule has 0 unspecified atom stereocenters. The molecule has 1 aromatic rings. The van der Waals surface area contributed by atoms with Crippen molar-refractivity contribution in [3.05, 3.63) is 18.3 Å². The van der Waals surface area contributed by atoms with Gasteiger partial charge in [0.15, 0.2) is 0 Å². The van der Waals surface area contributed by atoms with E-state index >= 15 is 0 Å². The molecule has 0 aromatic carbocycles. The Hall–Kier alpha value is -1.38. The first kappa shape index (κ1) is 16.7. The summed E-state index contributed by atoms with van der Waals surface area (Å²) in [5.74, 6) is 0.733. The predicted octanol–water partition coefficient (Wildman–Crippen LogP) is 0.664. The number of anilines is 2. The van der Waals surface area contributed by atoms with Gasteiger partial charge in [0.2, 0.25) is 0 Å². The van der Waals surface area contributed by atoms with Crippen molar-refractivity contribution in [2.24, 2.45) is 0 Å². The molecule has 2 N–H and O–H groups in total. The second-order valence-corrected chi connectivity index (χ2v) is 6.79. The molecule has 1 rings (SSSR count). The van der Waals surface area contributed by atoms with Gasteiger partial charge >= 0.3 is 10.2 Å². The summed E-state index contributed by atoms with van der Waals surface area (Å²) in [4.78, 5) is 6.29. The lowest BCUT2D eigenvalue weighted by Gasteiger charge is -2.13. The molecule has 0 bridgehead atoms. The number of pyridine rings is 1. The molecule has 0 aliphatic rings. The Labute approximate surface area is 121 Å². The highest BCUT2D eigenvalue weighted by molar-refractivity contribution is 7.90. The molecular formula is C12H23N5O2S. The Morgan fingerprint density at radius 2 is 1.90 bits per heavy atom. The van der Waals surface area contributed by atoms with Gasteiger partial charge in [-0.05, 0) is 39.2 Å². The first-order valence-corrected chi connectivity index (χ1v) is 7.80. The van der Waals surface area contributed by atoms with E-state index in [9.17, 15) is 8.42 Å². The molecule has 8 heteroatoms. The fourth-order valence-corrected chi connectivity index (χ4v) is 2.01. The van der Waals surface area contributed by atoms with Crippen LogP contribution >= 0.6 is 0 Å². The van der Waals surface area contributed by atoms with E-state index in [2.05, 4.69) is 19.9 Å². The number of aromatic nitrogens is 1. The van der Waals surface area contributed by atoms with Gasteiger partial charge in [-0.25, -0.2) is 4.98 Å². The van der Waals surface area contributed by atoms with Gasteiger partial charge in [-0.2, -0.15) is 12.7 Å². The van der Waals surface area contributed by atoms with Crippen LogP contribution in [0.3, 0.4) is 0 Å². The molecule has 114 valence electrons. The molecular weight excluding hydrogens is 278 g/mol. The zero-order valence-electron chi connectivity index (χ0n) is 12.4. The van der Waals surface area contributed by atoms with Crippen LogP contribution in [0.5, 0.6) is 0 Å². The van der Waals surface area contributed by atoms with Crippen LogP contribution in [0.2, 0.25) is 0 Å². The van der Waals surface area contributed by atoms with Crippen LogP contribution in [-0.4, -0.2) is 63.9 Å². The average Bonchev–Trinajstić information content (AvgIpc) is 2.35. The molecule has 1 heterocycles. The zero-order valence-corrected chi connectivity index (χ0v) is 13.2. The van der Waals surface area contributed by atoms with Crippen molar-refractivity contribution in [2.45, 2.75) is 6.42 Å². The van der Waals surface area contributed by atoms with Crippen LogP contribution in [0.15, 0.2) is 18.3 Å². The highest BCUT2D eigenvalue weighted by Crippen LogP contribution is 2.12. The van der Waals surface area contributed by atoms with Gasteiger partial charge in [0.25, 0.3) is 0 Å². The smallest absolute Gasteiger partial charge is 0.301 e. The van der Waals surface area contributed by atoms with Crippen molar-refractivity contribution in [1.29, 1.82) is 0 Å². The summed E-state index contributed by atoms with van der Waals surface area (Å²) in [5.41, 5.74) is 0.442. The van der Waals surface area contributed by atoms with Gasteiger partial charge < -0.3 is 10.2 Å². The van der Waals surface area contributed by atoms with Crippen molar-refractivity contribution in [1.82, 2.24) is 14.2 Å². The molecule has 0 aliphatic heterocycles. The van der Waals surface area contributed by atoms with Crippen LogP contribution in [0, 0.1) is 0 Å². The molecule has 0 atom stereocenters. The lowest BCUT2D eigenvalue weighted by molar-refractivity contribution is 0.405. The minimum atomic E-state index is -3.48. The maximum absolute atomic E-state index is 11.6. The lowest BCUT2D eigenvalue weighted by Crippen LogP contribution is -2.28. The molecule has 20 heavy (non-hydrogen) atoms. The second-order valence-electron chi connectivity index (χ2n) is 4.91. The van der Waals surface area contributed by atoms with Gasteiger partial charge in [-0.3, -0.25) is 4.72 Å². The molecule has 1 aromatic heterocycles. The van der Waals surface area contributed by atoms with Gasteiger partial charge in [-0.1, -0.05) is 0 Å². The van der Waals surface area contributed by atoms with Crippen molar-refractivity contribution in [2.75, 3.05) is 51.3 Å². The van der Waals surface area contributed by atoms with E-state index in [4.69, 9.17) is 0 Å². The van der Waals surface area contributed by atoms with Gasteiger partial charge in [0.05, 0.1) is 11.9 Å². The Morgan fingerprint density at radius 1 is 1.20 bits per heavy atom. The number of nitrogens with zero attached hydrogens (tertiary/aromatic N) is 3. The van der Waals surface area contributed by atoms with E-state index in [1.807, 2.05) is 14.1 Å². The Balaban J connectivity index is 2.48. The van der Waals surface area contributed by atoms with E-state index in [1.165, 1.54) is 20.3 Å². The average molecular weight is 301 g/mol. The minimum absolute atomic E-state index is 0.442. The van der Waals surface area contributed by atoms with Gasteiger partial charge in [0.1, 0.15) is 5.82 Å². The van der Waals surface area contributed by atoms with Crippen molar-refractivity contribution >= 4 is 21.7 Å². The zero-order chi connectivity index (χ0) is 15.2.